The number of hydrogen-bond donors (Lipinski definition) is 1. The van der Waals surface area contributed by atoms with Crippen molar-refractivity contribution >= 4 is 5.82 Å². The second-order valence-electron chi connectivity index (χ2n) is 5.58. The van der Waals surface area contributed by atoms with E-state index in [0.29, 0.717) is 5.82 Å². The summed E-state index contributed by atoms with van der Waals surface area (Å²) in [6.07, 6.45) is 0.981. The highest BCUT2D eigenvalue weighted by Gasteiger charge is 2.23. The molecule has 3 rings (SSSR count). The summed E-state index contributed by atoms with van der Waals surface area (Å²) in [5.41, 5.74) is 8.84. The monoisotopic (exact) mass is 286 g/mol. The molecule has 5 heteroatoms. The third-order valence-corrected chi connectivity index (χ3v) is 3.99. The minimum atomic E-state index is -0.256. The predicted octanol–water partition coefficient (Wildman–Crippen LogP) is 2.44. The predicted molar refractivity (Wildman–Crippen MR) is 81.7 cm³/mol. The number of nitrogens with two attached hydrogens (primary N) is 1. The first-order valence-electron chi connectivity index (χ1n) is 7.16. The highest BCUT2D eigenvalue weighted by molar-refractivity contribution is 5.60. The van der Waals surface area contributed by atoms with Gasteiger partial charge < -0.3 is 10.6 Å². The van der Waals surface area contributed by atoms with Crippen molar-refractivity contribution < 1.29 is 4.39 Å². The number of rotatable bonds is 2. The van der Waals surface area contributed by atoms with E-state index >= 15 is 0 Å². The van der Waals surface area contributed by atoms with Crippen molar-refractivity contribution in [3.63, 3.8) is 0 Å². The molecule has 0 bridgehead atoms. The van der Waals surface area contributed by atoms with Crippen LogP contribution in [0.25, 0.3) is 11.4 Å². The molecule has 1 atom stereocenters. The van der Waals surface area contributed by atoms with Crippen molar-refractivity contribution in [2.75, 3.05) is 18.0 Å². The van der Waals surface area contributed by atoms with Crippen LogP contribution in [0.5, 0.6) is 0 Å². The zero-order valence-corrected chi connectivity index (χ0v) is 12.3. The molecule has 21 heavy (non-hydrogen) atoms. The van der Waals surface area contributed by atoms with E-state index in [-0.39, 0.29) is 11.9 Å². The maximum absolute atomic E-state index is 13.1. The first-order valence-corrected chi connectivity index (χ1v) is 7.16. The van der Waals surface area contributed by atoms with E-state index in [9.17, 15) is 4.39 Å². The third kappa shape index (κ3) is 2.74. The van der Waals surface area contributed by atoms with E-state index in [0.717, 1.165) is 42.1 Å². The molecule has 1 aromatic heterocycles. The van der Waals surface area contributed by atoms with Gasteiger partial charge in [0.25, 0.3) is 0 Å². The number of halogens is 1. The van der Waals surface area contributed by atoms with Crippen LogP contribution in [0.1, 0.15) is 17.7 Å². The summed E-state index contributed by atoms with van der Waals surface area (Å²) in [5, 5.41) is 0. The Bertz CT molecular complexity index is 654. The van der Waals surface area contributed by atoms with E-state index in [2.05, 4.69) is 14.9 Å². The molecular formula is C16H19FN4. The lowest BCUT2D eigenvalue weighted by atomic mass is 10.1. The van der Waals surface area contributed by atoms with Gasteiger partial charge in [-0.3, -0.25) is 0 Å². The van der Waals surface area contributed by atoms with Crippen LogP contribution in [0.4, 0.5) is 10.2 Å². The largest absolute Gasteiger partial charge is 0.355 e. The fraction of sp³-hybridized carbons (Fsp3) is 0.375. The quantitative estimate of drug-likeness (QED) is 0.921. The lowest BCUT2D eigenvalue weighted by Crippen LogP contribution is -2.27. The number of anilines is 1. The van der Waals surface area contributed by atoms with Crippen molar-refractivity contribution in [1.29, 1.82) is 0 Å². The van der Waals surface area contributed by atoms with Gasteiger partial charge in [-0.15, -0.1) is 0 Å². The van der Waals surface area contributed by atoms with Gasteiger partial charge >= 0.3 is 0 Å². The average Bonchev–Trinajstić information content (AvgIpc) is 2.89. The van der Waals surface area contributed by atoms with Crippen LogP contribution in [-0.4, -0.2) is 29.1 Å². The molecule has 1 unspecified atom stereocenters. The zero-order valence-electron chi connectivity index (χ0n) is 12.3. The van der Waals surface area contributed by atoms with Crippen LogP contribution in [0, 0.1) is 19.7 Å². The Kier molecular flexibility index (Phi) is 3.59. The van der Waals surface area contributed by atoms with Gasteiger partial charge in [-0.1, -0.05) is 0 Å². The molecule has 1 aliphatic heterocycles. The van der Waals surface area contributed by atoms with Crippen LogP contribution in [-0.2, 0) is 0 Å². The first-order chi connectivity index (χ1) is 10.0. The fourth-order valence-electron chi connectivity index (χ4n) is 2.63. The number of aromatic nitrogens is 2. The van der Waals surface area contributed by atoms with Gasteiger partial charge in [-0.05, 0) is 44.5 Å². The van der Waals surface area contributed by atoms with Gasteiger partial charge in [0.2, 0.25) is 0 Å². The Morgan fingerprint density at radius 1 is 1.19 bits per heavy atom. The van der Waals surface area contributed by atoms with Gasteiger partial charge in [0.05, 0.1) is 0 Å². The molecule has 0 amide bonds. The number of hydrogen-bond acceptors (Lipinski definition) is 4. The smallest absolute Gasteiger partial charge is 0.161 e. The molecule has 110 valence electrons. The van der Waals surface area contributed by atoms with Gasteiger partial charge in [0.1, 0.15) is 11.6 Å². The maximum atomic E-state index is 13.1. The average molecular weight is 286 g/mol. The highest BCUT2D eigenvalue weighted by atomic mass is 19.1. The van der Waals surface area contributed by atoms with E-state index in [1.54, 1.807) is 12.1 Å². The summed E-state index contributed by atoms with van der Waals surface area (Å²) < 4.78 is 13.1. The minimum Gasteiger partial charge on any atom is -0.355 e. The Balaban J connectivity index is 2.03. The van der Waals surface area contributed by atoms with Gasteiger partial charge in [0, 0.05) is 36.0 Å². The van der Waals surface area contributed by atoms with Crippen molar-refractivity contribution in [1.82, 2.24) is 9.97 Å². The highest BCUT2D eigenvalue weighted by Crippen LogP contribution is 2.26. The fourth-order valence-corrected chi connectivity index (χ4v) is 2.63. The molecule has 2 N–H and O–H groups in total. The number of nitrogens with zero attached hydrogens (tertiary/aromatic N) is 3. The van der Waals surface area contributed by atoms with Crippen LogP contribution >= 0.6 is 0 Å². The molecule has 2 aromatic rings. The second kappa shape index (κ2) is 5.41. The van der Waals surface area contributed by atoms with Crippen molar-refractivity contribution in [3.8, 4) is 11.4 Å². The Labute approximate surface area is 123 Å². The van der Waals surface area contributed by atoms with Gasteiger partial charge in [-0.25, -0.2) is 14.4 Å². The molecule has 1 aromatic carbocycles. The van der Waals surface area contributed by atoms with E-state index in [1.807, 2.05) is 13.8 Å². The van der Waals surface area contributed by atoms with Crippen LogP contribution < -0.4 is 10.6 Å². The molecule has 0 spiro atoms. The standard InChI is InChI=1S/C16H19FN4/c1-10-11(2)19-15(12-3-5-13(17)6-4-12)20-16(10)21-8-7-14(18)9-21/h3-6,14H,7-9,18H2,1-2H3. The summed E-state index contributed by atoms with van der Waals surface area (Å²) in [7, 11) is 0. The molecular weight excluding hydrogens is 267 g/mol. The molecule has 0 aliphatic carbocycles. The zero-order chi connectivity index (χ0) is 15.0. The summed E-state index contributed by atoms with van der Waals surface area (Å²) in [6, 6.07) is 6.48. The molecule has 4 nitrogen and oxygen atoms in total. The van der Waals surface area contributed by atoms with Crippen molar-refractivity contribution in [3.05, 3.63) is 41.3 Å². The summed E-state index contributed by atoms with van der Waals surface area (Å²) in [5.74, 6) is 1.32. The third-order valence-electron chi connectivity index (χ3n) is 3.99. The minimum absolute atomic E-state index is 0.203. The normalized spacial score (nSPS) is 18.3. The van der Waals surface area contributed by atoms with E-state index < -0.39 is 0 Å². The topological polar surface area (TPSA) is 55.0 Å². The summed E-state index contributed by atoms with van der Waals surface area (Å²) >= 11 is 0. The van der Waals surface area contributed by atoms with Crippen LogP contribution in [0.3, 0.4) is 0 Å². The Morgan fingerprint density at radius 3 is 2.52 bits per heavy atom. The van der Waals surface area contributed by atoms with Crippen LogP contribution in [0.15, 0.2) is 24.3 Å². The summed E-state index contributed by atoms with van der Waals surface area (Å²) in [6.45, 7) is 5.74. The number of benzene rings is 1. The number of aryl methyl sites for hydroxylation is 1. The first kappa shape index (κ1) is 13.9. The van der Waals surface area contributed by atoms with E-state index in [4.69, 9.17) is 5.73 Å². The summed E-state index contributed by atoms with van der Waals surface area (Å²) in [4.78, 5) is 11.4. The molecule has 0 radical (unpaired) electrons. The molecule has 1 fully saturated rings. The Hall–Kier alpha value is -2.01. The Morgan fingerprint density at radius 2 is 1.90 bits per heavy atom. The van der Waals surface area contributed by atoms with Crippen molar-refractivity contribution in [2.24, 2.45) is 5.73 Å². The van der Waals surface area contributed by atoms with Gasteiger partial charge in [0.15, 0.2) is 5.82 Å². The molecule has 1 saturated heterocycles. The lowest BCUT2D eigenvalue weighted by Gasteiger charge is -2.21. The SMILES string of the molecule is Cc1nc(-c2ccc(F)cc2)nc(N2CCC(N)C2)c1C. The second-order valence-corrected chi connectivity index (χ2v) is 5.58. The van der Waals surface area contributed by atoms with Crippen LogP contribution in [0.2, 0.25) is 0 Å². The molecule has 0 saturated carbocycles. The molecule has 2 heterocycles. The van der Waals surface area contributed by atoms with E-state index in [1.165, 1.54) is 12.1 Å². The maximum Gasteiger partial charge on any atom is 0.161 e. The van der Waals surface area contributed by atoms with Crippen molar-refractivity contribution in [2.45, 2.75) is 26.3 Å². The lowest BCUT2D eigenvalue weighted by molar-refractivity contribution is 0.628. The van der Waals surface area contributed by atoms with Gasteiger partial charge in [-0.2, -0.15) is 0 Å². The molecule has 1 aliphatic rings.